The van der Waals surface area contributed by atoms with Crippen molar-refractivity contribution < 1.29 is 28.8 Å². The van der Waals surface area contributed by atoms with Crippen LogP contribution < -0.4 is 4.90 Å². The van der Waals surface area contributed by atoms with E-state index in [1.54, 1.807) is 36.4 Å². The second-order valence-electron chi connectivity index (χ2n) is 8.82. The third-order valence-electron chi connectivity index (χ3n) is 7.01. The minimum Gasteiger partial charge on any atom is -0.349 e. The number of rotatable bonds is 3. The Labute approximate surface area is 211 Å². The zero-order valence-corrected chi connectivity index (χ0v) is 19.9. The maximum Gasteiger partial charge on any atom is 0.269 e. The fourth-order valence-electron chi connectivity index (χ4n) is 5.48. The number of hydrogen-bond donors (Lipinski definition) is 0. The molecule has 0 N–H and O–H groups in total. The van der Waals surface area contributed by atoms with Gasteiger partial charge in [0.25, 0.3) is 5.69 Å². The molecule has 0 aromatic heterocycles. The monoisotopic (exact) mass is 546 g/mol. The summed E-state index contributed by atoms with van der Waals surface area (Å²) in [6, 6.07) is 18.1. The molecule has 2 aliphatic heterocycles. The van der Waals surface area contributed by atoms with Crippen LogP contribution in [0.15, 0.2) is 77.3 Å². The number of nitro groups is 1. The zero-order valence-electron chi connectivity index (χ0n) is 18.3. The Morgan fingerprint density at radius 1 is 0.861 bits per heavy atom. The van der Waals surface area contributed by atoms with Gasteiger partial charge in [0.05, 0.1) is 28.6 Å². The zero-order chi connectivity index (χ0) is 25.4. The average molecular weight is 547 g/mol. The van der Waals surface area contributed by atoms with Gasteiger partial charge in [0, 0.05) is 27.7 Å². The normalized spacial score (nSPS) is 23.9. The summed E-state index contributed by atoms with van der Waals surface area (Å²) in [6.07, 6.45) is -1.05. The Kier molecular flexibility index (Phi) is 4.83. The molecular formula is C26H15BrN2O7. The lowest BCUT2D eigenvalue weighted by atomic mass is 9.77. The van der Waals surface area contributed by atoms with E-state index in [1.165, 1.54) is 36.4 Å². The molecule has 2 saturated heterocycles. The number of halogens is 1. The first-order chi connectivity index (χ1) is 17.3. The van der Waals surface area contributed by atoms with Crippen molar-refractivity contribution in [3.63, 3.8) is 0 Å². The third kappa shape index (κ3) is 2.85. The van der Waals surface area contributed by atoms with Crippen molar-refractivity contribution >= 4 is 50.7 Å². The van der Waals surface area contributed by atoms with E-state index in [9.17, 15) is 29.3 Å². The Morgan fingerprint density at radius 2 is 1.50 bits per heavy atom. The lowest BCUT2D eigenvalue weighted by Gasteiger charge is -2.27. The van der Waals surface area contributed by atoms with Crippen LogP contribution >= 0.6 is 15.9 Å². The van der Waals surface area contributed by atoms with Gasteiger partial charge in [-0.15, -0.1) is 0 Å². The Hall–Kier alpha value is -4.02. The third-order valence-corrected chi connectivity index (χ3v) is 7.51. The number of carbonyl (C=O) groups excluding carboxylic acids is 4. The molecule has 178 valence electrons. The van der Waals surface area contributed by atoms with Crippen molar-refractivity contribution in [1.29, 1.82) is 0 Å². The van der Waals surface area contributed by atoms with Crippen LogP contribution in [0.1, 0.15) is 32.4 Å². The average Bonchev–Trinajstić information content (AvgIpc) is 3.44. The van der Waals surface area contributed by atoms with Crippen LogP contribution in [0, 0.1) is 22.0 Å². The number of nitro benzene ring substituents is 1. The summed E-state index contributed by atoms with van der Waals surface area (Å²) >= 11 is 3.39. The van der Waals surface area contributed by atoms with Crippen LogP contribution in [0.3, 0.4) is 0 Å². The minimum absolute atomic E-state index is 0.114. The fraction of sp³-hybridized carbons (Fsp3) is 0.154. The topological polar surface area (TPSA) is 124 Å². The van der Waals surface area contributed by atoms with E-state index >= 15 is 0 Å². The number of Topliss-reactive ketones (excluding diaryl/α,β-unsaturated/α-hetero) is 2. The standard InChI is InChI=1S/C26H15BrN2O7/c27-14-5-3-4-13(12-14)21-19-20(26(36-21)22(30)17-6-1-2-7-18(17)23(26)31)25(33)28(24(19)32)15-8-10-16(11-9-15)29(34)35/h1-12,19-21H/t19-,20+,21+/m0/s1. The van der Waals surface area contributed by atoms with E-state index in [1.807, 2.05) is 0 Å². The number of nitrogens with zero attached hydrogens (tertiary/aromatic N) is 2. The Bertz CT molecular complexity index is 1480. The highest BCUT2D eigenvalue weighted by Crippen LogP contribution is 2.57. The molecule has 0 saturated carbocycles. The van der Waals surface area contributed by atoms with Crippen LogP contribution in [0.4, 0.5) is 11.4 Å². The molecule has 3 aromatic carbocycles. The van der Waals surface area contributed by atoms with Crippen molar-refractivity contribution in [2.75, 3.05) is 4.90 Å². The summed E-state index contributed by atoms with van der Waals surface area (Å²) in [5.74, 6) is -5.24. The lowest BCUT2D eigenvalue weighted by Crippen LogP contribution is -2.51. The molecule has 9 nitrogen and oxygen atoms in total. The first kappa shape index (κ1) is 22.4. The predicted octanol–water partition coefficient (Wildman–Crippen LogP) is 4.05. The van der Waals surface area contributed by atoms with Crippen molar-refractivity contribution in [2.45, 2.75) is 11.7 Å². The second-order valence-corrected chi connectivity index (χ2v) is 9.74. The molecule has 2 amide bonds. The van der Waals surface area contributed by atoms with E-state index in [4.69, 9.17) is 4.74 Å². The number of benzene rings is 3. The second kappa shape index (κ2) is 7.74. The van der Waals surface area contributed by atoms with Crippen molar-refractivity contribution in [2.24, 2.45) is 11.8 Å². The molecular weight excluding hydrogens is 532 g/mol. The number of ketones is 2. The van der Waals surface area contributed by atoms with Crippen molar-refractivity contribution in [3.05, 3.63) is 104 Å². The SMILES string of the molecule is O=C1[C@@H]2[C@@H](c3cccc(Br)c3)OC3(C(=O)c4ccccc4C3=O)[C@H]2C(=O)N1c1ccc([N+](=O)[O-])cc1. The summed E-state index contributed by atoms with van der Waals surface area (Å²) in [6.45, 7) is 0. The van der Waals surface area contributed by atoms with Crippen LogP contribution in [0.2, 0.25) is 0 Å². The number of imide groups is 1. The lowest BCUT2D eigenvalue weighted by molar-refractivity contribution is -0.384. The van der Waals surface area contributed by atoms with Crippen LogP contribution in [-0.2, 0) is 14.3 Å². The van der Waals surface area contributed by atoms with E-state index in [0.29, 0.717) is 10.0 Å². The molecule has 6 rings (SSSR count). The molecule has 3 aliphatic rings. The van der Waals surface area contributed by atoms with E-state index < -0.39 is 51.8 Å². The van der Waals surface area contributed by atoms with Gasteiger partial charge in [0.2, 0.25) is 29.0 Å². The summed E-state index contributed by atoms with van der Waals surface area (Å²) in [5, 5.41) is 11.1. The Morgan fingerprint density at radius 3 is 2.08 bits per heavy atom. The molecule has 3 atom stereocenters. The molecule has 36 heavy (non-hydrogen) atoms. The smallest absolute Gasteiger partial charge is 0.269 e. The molecule has 1 spiro atoms. The highest BCUT2D eigenvalue weighted by molar-refractivity contribution is 9.10. The van der Waals surface area contributed by atoms with Gasteiger partial charge in [-0.2, -0.15) is 0 Å². The fourth-order valence-corrected chi connectivity index (χ4v) is 5.90. The van der Waals surface area contributed by atoms with E-state index in [-0.39, 0.29) is 22.5 Å². The molecule has 1 aliphatic carbocycles. The first-order valence-electron chi connectivity index (χ1n) is 11.0. The van der Waals surface area contributed by atoms with Gasteiger partial charge in [-0.1, -0.05) is 52.3 Å². The Balaban J connectivity index is 1.52. The molecule has 3 aromatic rings. The number of fused-ring (bicyclic) bond motifs is 3. The van der Waals surface area contributed by atoms with Gasteiger partial charge in [-0.3, -0.25) is 29.3 Å². The first-order valence-corrected chi connectivity index (χ1v) is 11.8. The summed E-state index contributed by atoms with van der Waals surface area (Å²) in [7, 11) is 0. The number of non-ortho nitro benzene ring substituents is 1. The highest BCUT2D eigenvalue weighted by atomic mass is 79.9. The summed E-state index contributed by atoms with van der Waals surface area (Å²) in [4.78, 5) is 66.4. The minimum atomic E-state index is -2.18. The number of anilines is 1. The van der Waals surface area contributed by atoms with Gasteiger partial charge in [-0.05, 0) is 29.8 Å². The van der Waals surface area contributed by atoms with Crippen LogP contribution in [0.25, 0.3) is 0 Å². The molecule has 2 heterocycles. The van der Waals surface area contributed by atoms with E-state index in [2.05, 4.69) is 15.9 Å². The maximum absolute atomic E-state index is 13.8. The van der Waals surface area contributed by atoms with Gasteiger partial charge in [-0.25, -0.2) is 4.90 Å². The highest BCUT2D eigenvalue weighted by Gasteiger charge is 2.74. The largest absolute Gasteiger partial charge is 0.349 e. The molecule has 0 bridgehead atoms. The summed E-state index contributed by atoms with van der Waals surface area (Å²) in [5.41, 5.74) is -1.45. The van der Waals surface area contributed by atoms with E-state index in [0.717, 1.165) is 4.90 Å². The molecule has 0 unspecified atom stereocenters. The van der Waals surface area contributed by atoms with Gasteiger partial charge in [0.15, 0.2) is 0 Å². The maximum atomic E-state index is 13.8. The quantitative estimate of drug-likeness (QED) is 0.210. The van der Waals surface area contributed by atoms with Crippen LogP contribution in [-0.4, -0.2) is 33.9 Å². The number of carbonyl (C=O) groups is 4. The summed E-state index contributed by atoms with van der Waals surface area (Å²) < 4.78 is 6.92. The van der Waals surface area contributed by atoms with Crippen molar-refractivity contribution in [3.8, 4) is 0 Å². The van der Waals surface area contributed by atoms with Gasteiger partial charge >= 0.3 is 0 Å². The number of ether oxygens (including phenoxy) is 1. The number of hydrogen-bond acceptors (Lipinski definition) is 7. The van der Waals surface area contributed by atoms with Crippen molar-refractivity contribution in [1.82, 2.24) is 0 Å². The molecule has 10 heteroatoms. The van der Waals surface area contributed by atoms with Gasteiger partial charge < -0.3 is 4.74 Å². The predicted molar refractivity (Wildman–Crippen MR) is 128 cm³/mol. The number of amides is 2. The van der Waals surface area contributed by atoms with Crippen LogP contribution in [0.5, 0.6) is 0 Å². The van der Waals surface area contributed by atoms with Gasteiger partial charge in [0.1, 0.15) is 0 Å². The molecule has 2 fully saturated rings. The molecule has 0 radical (unpaired) electrons.